The van der Waals surface area contributed by atoms with Crippen molar-refractivity contribution < 1.29 is 14.7 Å². The number of aromatic nitrogens is 1. The number of hydrogen-bond acceptors (Lipinski definition) is 4. The largest absolute Gasteiger partial charge is 0.478 e. The number of benzene rings is 1. The van der Waals surface area contributed by atoms with Gasteiger partial charge in [-0.2, -0.15) is 0 Å². The molecule has 0 atom stereocenters. The van der Waals surface area contributed by atoms with Crippen molar-refractivity contribution >= 4 is 39.8 Å². The number of hydrogen-bond donors (Lipinski definition) is 2. The second-order valence-electron chi connectivity index (χ2n) is 6.07. The Morgan fingerprint density at radius 3 is 2.74 bits per heavy atom. The average Bonchev–Trinajstić information content (AvgIpc) is 3.04. The van der Waals surface area contributed by atoms with Crippen molar-refractivity contribution in [1.29, 1.82) is 0 Å². The normalized spacial score (nSPS) is 10.6. The number of aryl methyl sites for hydroxylation is 2. The van der Waals surface area contributed by atoms with E-state index in [1.807, 2.05) is 31.2 Å². The molecule has 0 aliphatic carbocycles. The zero-order valence-electron chi connectivity index (χ0n) is 14.5. The number of anilines is 1. The second kappa shape index (κ2) is 8.33. The van der Waals surface area contributed by atoms with Gasteiger partial charge >= 0.3 is 5.97 Å². The van der Waals surface area contributed by atoms with Crippen LogP contribution in [0, 0.1) is 6.92 Å². The molecular weight excluding hydrogens is 384 g/mol. The Balaban J connectivity index is 1.75. The van der Waals surface area contributed by atoms with E-state index in [0.717, 1.165) is 11.1 Å². The first-order chi connectivity index (χ1) is 12.9. The summed E-state index contributed by atoms with van der Waals surface area (Å²) in [5, 5.41) is 14.7. The van der Waals surface area contributed by atoms with E-state index in [2.05, 4.69) is 10.3 Å². The van der Waals surface area contributed by atoms with Gasteiger partial charge in [-0.1, -0.05) is 41.4 Å². The quantitative estimate of drug-likeness (QED) is 0.568. The summed E-state index contributed by atoms with van der Waals surface area (Å²) in [7, 11) is 0. The van der Waals surface area contributed by atoms with Gasteiger partial charge in [-0.05, 0) is 31.0 Å². The number of carbonyl (C=O) groups excluding carboxylic acids is 1. The predicted molar refractivity (Wildman–Crippen MR) is 108 cm³/mol. The van der Waals surface area contributed by atoms with Crippen LogP contribution in [-0.4, -0.2) is 22.0 Å². The van der Waals surface area contributed by atoms with Crippen molar-refractivity contribution in [3.05, 3.63) is 69.8 Å². The molecule has 0 saturated heterocycles. The molecule has 5 nitrogen and oxygen atoms in total. The Bertz CT molecular complexity index is 983. The number of aromatic carboxylic acids is 1. The van der Waals surface area contributed by atoms with Crippen molar-refractivity contribution in [3.63, 3.8) is 0 Å². The van der Waals surface area contributed by atoms with Crippen LogP contribution < -0.4 is 5.32 Å². The Hall–Kier alpha value is -2.70. The van der Waals surface area contributed by atoms with Gasteiger partial charge in [0.1, 0.15) is 15.7 Å². The van der Waals surface area contributed by atoms with E-state index in [9.17, 15) is 14.7 Å². The van der Waals surface area contributed by atoms with E-state index in [0.29, 0.717) is 27.7 Å². The van der Waals surface area contributed by atoms with E-state index in [1.165, 1.54) is 17.5 Å². The molecule has 1 amide bonds. The highest BCUT2D eigenvalue weighted by molar-refractivity contribution is 7.15. The molecule has 7 heteroatoms. The minimum atomic E-state index is -1.10. The van der Waals surface area contributed by atoms with Crippen molar-refractivity contribution in [3.8, 4) is 11.1 Å². The fraction of sp³-hybridized carbons (Fsp3) is 0.150. The topological polar surface area (TPSA) is 79.3 Å². The zero-order chi connectivity index (χ0) is 19.4. The van der Waals surface area contributed by atoms with Crippen LogP contribution in [0.4, 0.5) is 5.00 Å². The molecule has 27 heavy (non-hydrogen) atoms. The number of nitrogens with zero attached hydrogens (tertiary/aromatic N) is 1. The lowest BCUT2D eigenvalue weighted by Gasteiger charge is -2.07. The third kappa shape index (κ3) is 4.72. The molecule has 3 rings (SSSR count). The minimum absolute atomic E-state index is 0.0630. The smallest absolute Gasteiger partial charge is 0.339 e. The number of halogens is 1. The van der Waals surface area contributed by atoms with Gasteiger partial charge in [0.15, 0.2) is 0 Å². The molecule has 0 aliphatic rings. The lowest BCUT2D eigenvalue weighted by atomic mass is 10.1. The zero-order valence-corrected chi connectivity index (χ0v) is 16.1. The maximum atomic E-state index is 12.3. The molecule has 2 aromatic heterocycles. The SMILES string of the molecule is Cc1cccc(CCC(=O)Nc2scc(-c3ccc(Cl)nc3)c2C(=O)O)c1. The van der Waals surface area contributed by atoms with Crippen LogP contribution in [0.5, 0.6) is 0 Å². The summed E-state index contributed by atoms with van der Waals surface area (Å²) in [6.45, 7) is 2.00. The molecule has 0 radical (unpaired) electrons. The molecule has 0 aliphatic heterocycles. The maximum absolute atomic E-state index is 12.3. The van der Waals surface area contributed by atoms with Gasteiger partial charge in [0.25, 0.3) is 0 Å². The number of carboxylic acids is 1. The van der Waals surface area contributed by atoms with Crippen molar-refractivity contribution in [1.82, 2.24) is 4.98 Å². The number of thiophene rings is 1. The summed E-state index contributed by atoms with van der Waals surface area (Å²) in [5.41, 5.74) is 3.41. The lowest BCUT2D eigenvalue weighted by Crippen LogP contribution is -2.14. The van der Waals surface area contributed by atoms with E-state index >= 15 is 0 Å². The summed E-state index contributed by atoms with van der Waals surface area (Å²) in [6.07, 6.45) is 2.38. The number of carbonyl (C=O) groups is 2. The van der Waals surface area contributed by atoms with E-state index in [-0.39, 0.29) is 17.9 Å². The molecule has 0 fully saturated rings. The summed E-state index contributed by atoms with van der Waals surface area (Å²) < 4.78 is 0. The number of nitrogens with one attached hydrogen (secondary N) is 1. The van der Waals surface area contributed by atoms with Gasteiger partial charge in [-0.3, -0.25) is 4.79 Å². The Morgan fingerprint density at radius 1 is 1.26 bits per heavy atom. The highest BCUT2D eigenvalue weighted by atomic mass is 35.5. The van der Waals surface area contributed by atoms with E-state index < -0.39 is 5.97 Å². The summed E-state index contributed by atoms with van der Waals surface area (Å²) in [6, 6.07) is 11.3. The monoisotopic (exact) mass is 400 g/mol. The molecule has 0 bridgehead atoms. The molecule has 2 N–H and O–H groups in total. The lowest BCUT2D eigenvalue weighted by molar-refractivity contribution is -0.116. The van der Waals surface area contributed by atoms with Gasteiger partial charge < -0.3 is 10.4 Å². The third-order valence-corrected chi connectivity index (χ3v) is 5.14. The Kier molecular flexibility index (Phi) is 5.88. The molecule has 2 heterocycles. The van der Waals surface area contributed by atoms with Crippen LogP contribution in [0.2, 0.25) is 5.15 Å². The van der Waals surface area contributed by atoms with Crippen LogP contribution in [0.3, 0.4) is 0 Å². The van der Waals surface area contributed by atoms with Crippen molar-refractivity contribution in [2.75, 3.05) is 5.32 Å². The van der Waals surface area contributed by atoms with E-state index in [1.54, 1.807) is 17.5 Å². The average molecular weight is 401 g/mol. The summed E-state index contributed by atoms with van der Waals surface area (Å²) in [4.78, 5) is 28.0. The first-order valence-corrected chi connectivity index (χ1v) is 9.52. The standard InChI is InChI=1S/C20H17ClN2O3S/c1-12-3-2-4-13(9-12)5-8-17(24)23-19-18(20(25)26)15(11-27-19)14-6-7-16(21)22-10-14/h2-4,6-7,9-11H,5,8H2,1H3,(H,23,24)(H,25,26). The molecule has 1 aromatic carbocycles. The molecule has 3 aromatic rings. The van der Waals surface area contributed by atoms with Gasteiger partial charge in [0, 0.05) is 29.1 Å². The fourth-order valence-electron chi connectivity index (χ4n) is 2.72. The van der Waals surface area contributed by atoms with Crippen LogP contribution in [0.25, 0.3) is 11.1 Å². The number of amides is 1. The molecule has 0 unspecified atom stereocenters. The number of rotatable bonds is 6. The first-order valence-electron chi connectivity index (χ1n) is 8.26. The Labute approximate surface area is 165 Å². The molecular formula is C20H17ClN2O3S. The van der Waals surface area contributed by atoms with Gasteiger partial charge in [0.2, 0.25) is 5.91 Å². The Morgan fingerprint density at radius 2 is 2.07 bits per heavy atom. The minimum Gasteiger partial charge on any atom is -0.478 e. The summed E-state index contributed by atoms with van der Waals surface area (Å²) >= 11 is 6.97. The fourth-order valence-corrected chi connectivity index (χ4v) is 3.81. The summed E-state index contributed by atoms with van der Waals surface area (Å²) in [5.74, 6) is -1.32. The molecule has 138 valence electrons. The molecule has 0 saturated carbocycles. The van der Waals surface area contributed by atoms with Crippen LogP contribution in [-0.2, 0) is 11.2 Å². The highest BCUT2D eigenvalue weighted by Crippen LogP contribution is 2.35. The predicted octanol–water partition coefficient (Wildman–Crippen LogP) is 5.04. The van der Waals surface area contributed by atoms with Crippen molar-refractivity contribution in [2.45, 2.75) is 19.8 Å². The molecule has 0 spiro atoms. The van der Waals surface area contributed by atoms with Crippen molar-refractivity contribution in [2.24, 2.45) is 0 Å². The number of pyridine rings is 1. The van der Waals surface area contributed by atoms with Gasteiger partial charge in [-0.25, -0.2) is 9.78 Å². The highest BCUT2D eigenvalue weighted by Gasteiger charge is 2.21. The van der Waals surface area contributed by atoms with E-state index in [4.69, 9.17) is 11.6 Å². The third-order valence-electron chi connectivity index (χ3n) is 4.02. The number of carboxylic acid groups (broad SMARTS) is 1. The first kappa shape index (κ1) is 19.1. The van der Waals surface area contributed by atoms with Crippen LogP contribution in [0.15, 0.2) is 48.0 Å². The van der Waals surface area contributed by atoms with Crippen LogP contribution >= 0.6 is 22.9 Å². The van der Waals surface area contributed by atoms with Crippen LogP contribution in [0.1, 0.15) is 27.9 Å². The maximum Gasteiger partial charge on any atom is 0.339 e. The van der Waals surface area contributed by atoms with Gasteiger partial charge in [0.05, 0.1) is 0 Å². The van der Waals surface area contributed by atoms with Gasteiger partial charge in [-0.15, -0.1) is 11.3 Å². The second-order valence-corrected chi connectivity index (χ2v) is 7.33.